The largest absolute Gasteiger partial charge is 0.497 e. The van der Waals surface area contributed by atoms with Gasteiger partial charge in [-0.05, 0) is 75.1 Å². The summed E-state index contributed by atoms with van der Waals surface area (Å²) in [5.74, 6) is -5.42. The zero-order valence-corrected chi connectivity index (χ0v) is 21.6. The average molecular weight is 540 g/mol. The van der Waals surface area contributed by atoms with Crippen molar-refractivity contribution >= 4 is 11.8 Å². The van der Waals surface area contributed by atoms with Gasteiger partial charge < -0.3 is 19.7 Å². The summed E-state index contributed by atoms with van der Waals surface area (Å²) in [7, 11) is 1.57. The van der Waals surface area contributed by atoms with E-state index in [0.717, 1.165) is 12.0 Å². The predicted octanol–water partition coefficient (Wildman–Crippen LogP) is 5.14. The third kappa shape index (κ3) is 4.68. The number of benzene rings is 2. The van der Waals surface area contributed by atoms with Crippen LogP contribution in [0.15, 0.2) is 48.7 Å². The molecule has 2 aliphatic rings. The van der Waals surface area contributed by atoms with Gasteiger partial charge in [-0.1, -0.05) is 0 Å². The number of halogens is 3. The first-order valence-corrected chi connectivity index (χ1v) is 12.8. The van der Waals surface area contributed by atoms with Crippen molar-refractivity contribution in [2.24, 2.45) is 0 Å². The van der Waals surface area contributed by atoms with Gasteiger partial charge in [0.05, 0.1) is 42.1 Å². The molecule has 1 aliphatic carbocycles. The number of hydrogen-bond donors (Lipinski definition) is 1. The number of aromatic nitrogens is 1. The van der Waals surface area contributed by atoms with Crippen LogP contribution in [0.25, 0.3) is 11.3 Å². The Labute approximate surface area is 223 Å². The lowest BCUT2D eigenvalue weighted by molar-refractivity contribution is 0.0688. The normalized spacial score (nSPS) is 20.0. The first-order valence-electron chi connectivity index (χ1n) is 12.8. The summed E-state index contributed by atoms with van der Waals surface area (Å²) in [6.07, 6.45) is 3.98. The highest BCUT2D eigenvalue weighted by molar-refractivity contribution is 6.01. The van der Waals surface area contributed by atoms with Gasteiger partial charge in [-0.25, -0.2) is 8.78 Å². The van der Waals surface area contributed by atoms with E-state index in [4.69, 9.17) is 9.47 Å². The van der Waals surface area contributed by atoms with Crippen LogP contribution in [0.3, 0.4) is 0 Å². The fourth-order valence-corrected chi connectivity index (χ4v) is 5.75. The molecule has 1 aromatic heterocycles. The Kier molecular flexibility index (Phi) is 7.20. The standard InChI is InChI=1S/C29H28F3N3O4/c1-3-39-26-23(31)20(16-21(30)24(26)32)28(37)35-15-13-29(12-4-7-22(29)35)34-27(36)19-6-5-14-33-25(19)17-8-10-18(38-2)11-9-17/h5-6,8-11,14,16,22H,3-4,7,12-13,15H2,1-2H3,(H,34,36)/t22-,29+/m0/s1. The maximum atomic E-state index is 15.1. The van der Waals surface area contributed by atoms with Crippen LogP contribution in [-0.2, 0) is 0 Å². The molecule has 204 valence electrons. The van der Waals surface area contributed by atoms with E-state index in [1.54, 1.807) is 37.6 Å². The zero-order valence-electron chi connectivity index (χ0n) is 21.6. The Morgan fingerprint density at radius 2 is 1.87 bits per heavy atom. The lowest BCUT2D eigenvalue weighted by Crippen LogP contribution is -2.54. The number of hydrogen-bond acceptors (Lipinski definition) is 5. The minimum Gasteiger partial charge on any atom is -0.497 e. The van der Waals surface area contributed by atoms with E-state index in [1.807, 2.05) is 12.1 Å². The third-order valence-corrected chi connectivity index (χ3v) is 7.59. The number of carbonyl (C=O) groups excluding carboxylic acids is 2. The van der Waals surface area contributed by atoms with Crippen LogP contribution in [0.4, 0.5) is 13.2 Å². The van der Waals surface area contributed by atoms with Crippen molar-refractivity contribution in [1.29, 1.82) is 0 Å². The fraction of sp³-hybridized carbons (Fsp3) is 0.345. The maximum absolute atomic E-state index is 15.1. The molecule has 2 amide bonds. The van der Waals surface area contributed by atoms with E-state index in [9.17, 15) is 18.4 Å². The van der Waals surface area contributed by atoms with Crippen LogP contribution in [-0.4, -0.2) is 53.5 Å². The van der Waals surface area contributed by atoms with E-state index in [2.05, 4.69) is 10.3 Å². The number of nitrogens with zero attached hydrogens (tertiary/aromatic N) is 2. The van der Waals surface area contributed by atoms with Crippen molar-refractivity contribution in [3.8, 4) is 22.8 Å². The summed E-state index contributed by atoms with van der Waals surface area (Å²) in [6, 6.07) is 10.7. The van der Waals surface area contributed by atoms with E-state index < -0.39 is 46.3 Å². The molecule has 1 saturated heterocycles. The maximum Gasteiger partial charge on any atom is 0.257 e. The first-order chi connectivity index (χ1) is 18.8. The number of ether oxygens (including phenoxy) is 2. The zero-order chi connectivity index (χ0) is 27.7. The highest BCUT2D eigenvalue weighted by Gasteiger charge is 2.53. The van der Waals surface area contributed by atoms with Crippen molar-refractivity contribution < 1.29 is 32.2 Å². The summed E-state index contributed by atoms with van der Waals surface area (Å²) >= 11 is 0. The fourth-order valence-electron chi connectivity index (χ4n) is 5.75. The summed E-state index contributed by atoms with van der Waals surface area (Å²) < 4.78 is 53.6. The molecule has 5 rings (SSSR count). The van der Waals surface area contributed by atoms with Gasteiger partial charge >= 0.3 is 0 Å². The van der Waals surface area contributed by atoms with Crippen LogP contribution in [0, 0.1) is 17.5 Å². The molecule has 7 nitrogen and oxygen atoms in total. The SMILES string of the molecule is CCOc1c(F)c(F)cc(C(=O)N2CC[C@]3(NC(=O)c4cccnc4-c4ccc(OC)cc4)CCC[C@H]23)c1F. The monoisotopic (exact) mass is 539 g/mol. The molecular weight excluding hydrogens is 511 g/mol. The molecule has 2 fully saturated rings. The van der Waals surface area contributed by atoms with E-state index in [0.29, 0.717) is 42.3 Å². The highest BCUT2D eigenvalue weighted by atomic mass is 19.2. The van der Waals surface area contributed by atoms with Crippen LogP contribution in [0.5, 0.6) is 11.5 Å². The number of likely N-dealkylation sites (tertiary alicyclic amines) is 1. The summed E-state index contributed by atoms with van der Waals surface area (Å²) in [4.78, 5) is 32.9. The molecule has 1 saturated carbocycles. The van der Waals surface area contributed by atoms with E-state index in [-0.39, 0.29) is 19.1 Å². The molecule has 2 atom stereocenters. The number of methoxy groups -OCH3 is 1. The number of pyridine rings is 1. The molecule has 2 aromatic carbocycles. The lowest BCUT2D eigenvalue weighted by Gasteiger charge is -2.33. The molecule has 0 bridgehead atoms. The Balaban J connectivity index is 1.41. The third-order valence-electron chi connectivity index (χ3n) is 7.59. The second-order valence-corrected chi connectivity index (χ2v) is 9.69. The molecule has 1 N–H and O–H groups in total. The topological polar surface area (TPSA) is 80.8 Å². The number of carbonyl (C=O) groups is 2. The molecule has 0 spiro atoms. The van der Waals surface area contributed by atoms with Crippen molar-refractivity contribution in [3.05, 3.63) is 77.2 Å². The van der Waals surface area contributed by atoms with Crippen molar-refractivity contribution in [2.75, 3.05) is 20.3 Å². The van der Waals surface area contributed by atoms with Gasteiger partial charge in [0, 0.05) is 18.3 Å². The highest BCUT2D eigenvalue weighted by Crippen LogP contribution is 2.43. The predicted molar refractivity (Wildman–Crippen MR) is 137 cm³/mol. The molecule has 0 radical (unpaired) electrons. The molecule has 10 heteroatoms. The van der Waals surface area contributed by atoms with E-state index in [1.165, 1.54) is 11.8 Å². The molecule has 2 heterocycles. The van der Waals surface area contributed by atoms with Crippen LogP contribution in [0.1, 0.15) is 53.3 Å². The molecule has 39 heavy (non-hydrogen) atoms. The summed E-state index contributed by atoms with van der Waals surface area (Å²) in [5, 5.41) is 3.16. The Hall–Kier alpha value is -4.08. The summed E-state index contributed by atoms with van der Waals surface area (Å²) in [6.45, 7) is 1.63. The number of nitrogens with one attached hydrogen (secondary N) is 1. The number of rotatable bonds is 7. The Morgan fingerprint density at radius 1 is 1.10 bits per heavy atom. The lowest BCUT2D eigenvalue weighted by atomic mass is 9.92. The van der Waals surface area contributed by atoms with Crippen LogP contribution >= 0.6 is 0 Å². The second kappa shape index (κ2) is 10.6. The average Bonchev–Trinajstić information content (AvgIpc) is 3.51. The van der Waals surface area contributed by atoms with Gasteiger partial charge in [-0.3, -0.25) is 14.6 Å². The quantitative estimate of drug-likeness (QED) is 0.421. The van der Waals surface area contributed by atoms with Gasteiger partial charge in [0.1, 0.15) is 5.75 Å². The number of amides is 2. The summed E-state index contributed by atoms with van der Waals surface area (Å²) in [5.41, 5.74) is 0.282. The van der Waals surface area contributed by atoms with Gasteiger partial charge in [0.25, 0.3) is 11.8 Å². The van der Waals surface area contributed by atoms with Crippen molar-refractivity contribution in [3.63, 3.8) is 0 Å². The molecular formula is C29H28F3N3O4. The first kappa shape index (κ1) is 26.5. The Bertz CT molecular complexity index is 1420. The molecule has 1 aliphatic heterocycles. The van der Waals surface area contributed by atoms with Crippen LogP contribution < -0.4 is 14.8 Å². The minimum absolute atomic E-state index is 0.0980. The van der Waals surface area contributed by atoms with Crippen LogP contribution in [0.2, 0.25) is 0 Å². The molecule has 3 aromatic rings. The van der Waals surface area contributed by atoms with Crippen molar-refractivity contribution in [1.82, 2.24) is 15.2 Å². The van der Waals surface area contributed by atoms with Crippen molar-refractivity contribution in [2.45, 2.75) is 44.2 Å². The Morgan fingerprint density at radius 3 is 2.59 bits per heavy atom. The van der Waals surface area contributed by atoms with Gasteiger partial charge in [-0.15, -0.1) is 0 Å². The van der Waals surface area contributed by atoms with Gasteiger partial charge in [-0.2, -0.15) is 4.39 Å². The van der Waals surface area contributed by atoms with Gasteiger partial charge in [0.2, 0.25) is 5.82 Å². The smallest absolute Gasteiger partial charge is 0.257 e. The van der Waals surface area contributed by atoms with E-state index >= 15 is 4.39 Å². The van der Waals surface area contributed by atoms with Gasteiger partial charge in [0.15, 0.2) is 17.4 Å². The molecule has 0 unspecified atom stereocenters. The minimum atomic E-state index is -1.47. The number of fused-ring (bicyclic) bond motifs is 1. The second-order valence-electron chi connectivity index (χ2n) is 9.69.